The van der Waals surface area contributed by atoms with Crippen molar-refractivity contribution in [3.63, 3.8) is 0 Å². The molecule has 0 unspecified atom stereocenters. The highest BCUT2D eigenvalue weighted by Gasteiger charge is 2.42. The number of anilines is 1. The minimum absolute atomic E-state index is 0.0115. The maximum absolute atomic E-state index is 6.09. The van der Waals surface area contributed by atoms with Gasteiger partial charge in [0.05, 0.1) is 17.8 Å². The molecule has 2 aromatic carbocycles. The number of nitrogens with one attached hydrogen (secondary N) is 1. The van der Waals surface area contributed by atoms with Crippen LogP contribution in [0, 0.1) is 20.8 Å². The van der Waals surface area contributed by atoms with Gasteiger partial charge in [-0.1, -0.05) is 36.6 Å². The molecule has 194 valence electrons. The topological polar surface area (TPSA) is 42.3 Å². The molecule has 2 aliphatic rings. The normalized spacial score (nSPS) is 19.7. The van der Waals surface area contributed by atoms with Crippen molar-refractivity contribution in [2.75, 3.05) is 4.90 Å². The van der Waals surface area contributed by atoms with E-state index < -0.39 is 0 Å². The van der Waals surface area contributed by atoms with Gasteiger partial charge in [-0.25, -0.2) is 0 Å². The van der Waals surface area contributed by atoms with E-state index in [1.807, 2.05) is 42.6 Å². The summed E-state index contributed by atoms with van der Waals surface area (Å²) in [6.45, 7) is 6.59. The lowest BCUT2D eigenvalue weighted by molar-refractivity contribution is 0.482. The van der Waals surface area contributed by atoms with Crippen molar-refractivity contribution < 1.29 is 4.74 Å². The van der Waals surface area contributed by atoms with Crippen molar-refractivity contribution in [1.29, 1.82) is 0 Å². The van der Waals surface area contributed by atoms with Crippen LogP contribution in [0.1, 0.15) is 72.0 Å². The highest BCUT2D eigenvalue weighted by molar-refractivity contribution is 7.80. The molecule has 3 heterocycles. The fourth-order valence-electron chi connectivity index (χ4n) is 6.19. The Bertz CT molecular complexity index is 1420. The van der Waals surface area contributed by atoms with Crippen LogP contribution >= 0.6 is 12.2 Å². The van der Waals surface area contributed by atoms with Crippen LogP contribution < -0.4 is 15.0 Å². The van der Waals surface area contributed by atoms with Crippen LogP contribution in [-0.2, 0) is 0 Å². The number of benzene rings is 2. The second kappa shape index (κ2) is 10.3. The van der Waals surface area contributed by atoms with Crippen LogP contribution in [-0.4, -0.2) is 14.7 Å². The molecule has 0 spiro atoms. The van der Waals surface area contributed by atoms with Crippen LogP contribution in [0.3, 0.4) is 0 Å². The number of rotatable bonds is 6. The molecule has 2 aromatic heterocycles. The van der Waals surface area contributed by atoms with Crippen molar-refractivity contribution in [3.05, 3.63) is 107 Å². The Morgan fingerprint density at radius 3 is 2.24 bits per heavy atom. The van der Waals surface area contributed by atoms with Gasteiger partial charge in [0.15, 0.2) is 5.11 Å². The maximum Gasteiger partial charge on any atom is 0.174 e. The molecule has 6 rings (SSSR count). The van der Waals surface area contributed by atoms with Gasteiger partial charge in [-0.2, -0.15) is 0 Å². The van der Waals surface area contributed by atoms with Gasteiger partial charge in [0, 0.05) is 29.3 Å². The van der Waals surface area contributed by atoms with Crippen molar-refractivity contribution in [2.45, 2.75) is 64.6 Å². The summed E-state index contributed by atoms with van der Waals surface area (Å²) >= 11 is 5.97. The molecule has 0 bridgehead atoms. The highest BCUT2D eigenvalue weighted by atomic mass is 32.1. The molecule has 1 saturated heterocycles. The monoisotopic (exact) mass is 522 g/mol. The number of hydrogen-bond donors (Lipinski definition) is 1. The van der Waals surface area contributed by atoms with E-state index in [0.717, 1.165) is 22.9 Å². The van der Waals surface area contributed by atoms with Gasteiger partial charge in [0.1, 0.15) is 11.5 Å². The van der Waals surface area contributed by atoms with Crippen LogP contribution in [0.25, 0.3) is 0 Å². The first-order valence-corrected chi connectivity index (χ1v) is 13.9. The number of aromatic nitrogens is 2. The summed E-state index contributed by atoms with van der Waals surface area (Å²) < 4.78 is 8.66. The Hall–Kier alpha value is -3.64. The molecule has 38 heavy (non-hydrogen) atoms. The Labute approximate surface area is 230 Å². The van der Waals surface area contributed by atoms with Gasteiger partial charge >= 0.3 is 0 Å². The smallest absolute Gasteiger partial charge is 0.174 e. The van der Waals surface area contributed by atoms with Gasteiger partial charge in [-0.15, -0.1) is 0 Å². The zero-order chi connectivity index (χ0) is 26.2. The second-order valence-corrected chi connectivity index (χ2v) is 10.9. The summed E-state index contributed by atoms with van der Waals surface area (Å²) in [5, 5.41) is 4.32. The first-order chi connectivity index (χ1) is 18.5. The summed E-state index contributed by atoms with van der Waals surface area (Å²) in [7, 11) is 0. The molecular weight excluding hydrogens is 488 g/mol. The Kier molecular flexibility index (Phi) is 6.66. The largest absolute Gasteiger partial charge is 0.457 e. The van der Waals surface area contributed by atoms with E-state index >= 15 is 0 Å². The fourth-order valence-corrected chi connectivity index (χ4v) is 6.54. The van der Waals surface area contributed by atoms with Crippen LogP contribution in [0.15, 0.2) is 79.0 Å². The molecule has 1 N–H and O–H groups in total. The van der Waals surface area contributed by atoms with E-state index in [9.17, 15) is 0 Å². The summed E-state index contributed by atoms with van der Waals surface area (Å²) in [5.74, 6) is 1.63. The van der Waals surface area contributed by atoms with Gasteiger partial charge in [0.25, 0.3) is 0 Å². The first kappa shape index (κ1) is 24.7. The molecule has 1 aliphatic heterocycles. The summed E-state index contributed by atoms with van der Waals surface area (Å²) in [5.41, 5.74) is 7.20. The van der Waals surface area contributed by atoms with E-state index in [-0.39, 0.29) is 12.1 Å². The molecule has 1 aliphatic carbocycles. The van der Waals surface area contributed by atoms with Gasteiger partial charge in [-0.05, 0) is 106 Å². The lowest BCUT2D eigenvalue weighted by Crippen LogP contribution is -2.29. The van der Waals surface area contributed by atoms with Crippen LogP contribution in [0.5, 0.6) is 11.5 Å². The Morgan fingerprint density at radius 1 is 0.895 bits per heavy atom. The van der Waals surface area contributed by atoms with E-state index in [4.69, 9.17) is 21.9 Å². The third-order valence-corrected chi connectivity index (χ3v) is 8.32. The molecule has 1 saturated carbocycles. The lowest BCUT2D eigenvalue weighted by atomic mass is 9.96. The minimum Gasteiger partial charge on any atom is -0.457 e. The summed E-state index contributed by atoms with van der Waals surface area (Å²) in [6, 6.07) is 25.3. The van der Waals surface area contributed by atoms with Gasteiger partial charge in [0.2, 0.25) is 0 Å². The number of pyridine rings is 1. The average Bonchev–Trinajstić information content (AvgIpc) is 3.64. The maximum atomic E-state index is 6.09. The summed E-state index contributed by atoms with van der Waals surface area (Å²) in [6.07, 6.45) is 7.00. The van der Waals surface area contributed by atoms with E-state index in [1.165, 1.54) is 48.2 Å². The van der Waals surface area contributed by atoms with E-state index in [0.29, 0.717) is 11.2 Å². The van der Waals surface area contributed by atoms with Crippen molar-refractivity contribution in [3.8, 4) is 11.5 Å². The third-order valence-electron chi connectivity index (χ3n) is 8.00. The van der Waals surface area contributed by atoms with E-state index in [2.05, 4.69) is 72.0 Å². The lowest BCUT2D eigenvalue weighted by Gasteiger charge is -2.28. The minimum atomic E-state index is -0.0512. The van der Waals surface area contributed by atoms with Crippen molar-refractivity contribution in [1.82, 2.24) is 14.9 Å². The predicted molar refractivity (Wildman–Crippen MR) is 157 cm³/mol. The molecule has 5 nitrogen and oxygen atoms in total. The molecule has 2 fully saturated rings. The predicted octanol–water partition coefficient (Wildman–Crippen LogP) is 7.89. The number of nitrogens with zero attached hydrogens (tertiary/aromatic N) is 3. The zero-order valence-corrected chi connectivity index (χ0v) is 23.0. The molecule has 0 amide bonds. The highest BCUT2D eigenvalue weighted by Crippen LogP contribution is 2.45. The Morgan fingerprint density at radius 2 is 1.58 bits per heavy atom. The number of aryl methyl sites for hydroxylation is 2. The number of thiocarbonyl (C=S) groups is 1. The zero-order valence-electron chi connectivity index (χ0n) is 22.2. The number of ether oxygens (including phenoxy) is 1. The summed E-state index contributed by atoms with van der Waals surface area (Å²) in [4.78, 5) is 6.98. The SMILES string of the molecule is Cc1ccc(Oc2ccc(N3C(=S)N[C@@H](c4ccccn4)[C@@H]3c3cc(C)n(C4CCCC4)c3C)cc2)cc1. The molecular formula is C32H34N4OS. The second-order valence-electron chi connectivity index (χ2n) is 10.5. The Balaban J connectivity index is 1.37. The quantitative estimate of drug-likeness (QED) is 0.261. The van der Waals surface area contributed by atoms with Gasteiger partial charge in [-0.3, -0.25) is 4.98 Å². The molecule has 4 aromatic rings. The van der Waals surface area contributed by atoms with Crippen LogP contribution in [0.4, 0.5) is 5.69 Å². The fraction of sp³-hybridized carbons (Fsp3) is 0.312. The third kappa shape index (κ3) is 4.58. The molecule has 2 atom stereocenters. The standard InChI is InChI=1S/C32H34N4OS/c1-21-11-15-26(16-12-21)37-27-17-13-25(14-18-27)36-31(30(34-32(36)38)29-10-6-7-19-33-29)28-20-22(2)35(23(28)3)24-8-4-5-9-24/h6-7,10-20,24,30-31H,4-5,8-9H2,1-3H3,(H,34,38)/t30-,31-/m0/s1. The van der Waals surface area contributed by atoms with Crippen molar-refractivity contribution in [2.24, 2.45) is 0 Å². The van der Waals surface area contributed by atoms with E-state index in [1.54, 1.807) is 0 Å². The molecule has 6 heteroatoms. The number of hydrogen-bond acceptors (Lipinski definition) is 3. The van der Waals surface area contributed by atoms with Crippen LogP contribution in [0.2, 0.25) is 0 Å². The molecule has 0 radical (unpaired) electrons. The average molecular weight is 523 g/mol. The first-order valence-electron chi connectivity index (χ1n) is 13.5. The van der Waals surface area contributed by atoms with Crippen molar-refractivity contribution >= 4 is 23.0 Å². The van der Waals surface area contributed by atoms with Gasteiger partial charge < -0.3 is 19.5 Å².